The summed E-state index contributed by atoms with van der Waals surface area (Å²) in [5, 5.41) is 7.67. The fourth-order valence-corrected chi connectivity index (χ4v) is 3.20. The third-order valence-corrected chi connectivity index (χ3v) is 4.75. The van der Waals surface area contributed by atoms with Crippen LogP contribution in [0.25, 0.3) is 5.69 Å². The number of amides is 1. The summed E-state index contributed by atoms with van der Waals surface area (Å²) in [6.45, 7) is 2.18. The Morgan fingerprint density at radius 3 is 2.25 bits per heavy atom. The zero-order valence-electron chi connectivity index (χ0n) is 15.1. The second-order valence-corrected chi connectivity index (χ2v) is 6.51. The third-order valence-electron chi connectivity index (χ3n) is 4.75. The van der Waals surface area contributed by atoms with Gasteiger partial charge in [0.15, 0.2) is 0 Å². The zero-order chi connectivity index (χ0) is 19.5. The summed E-state index contributed by atoms with van der Waals surface area (Å²) in [7, 11) is 0. The number of hydrogen-bond acceptors (Lipinski definition) is 5. The van der Waals surface area contributed by atoms with Gasteiger partial charge in [0.1, 0.15) is 12.4 Å². The molecule has 1 aliphatic heterocycles. The summed E-state index contributed by atoms with van der Waals surface area (Å²) >= 11 is 0. The van der Waals surface area contributed by atoms with Crippen LogP contribution in [0.1, 0.15) is 0 Å². The van der Waals surface area contributed by atoms with E-state index >= 15 is 0 Å². The van der Waals surface area contributed by atoms with Crippen molar-refractivity contribution in [3.63, 3.8) is 0 Å². The maximum Gasteiger partial charge on any atom is 0.368 e. The average Bonchev–Trinajstić information content (AvgIpc) is 3.09. The summed E-state index contributed by atoms with van der Waals surface area (Å²) in [5.74, 6) is -0.451. The summed E-state index contributed by atoms with van der Waals surface area (Å²) in [5.41, 5.74) is 1.07. The molecule has 28 heavy (non-hydrogen) atoms. The molecule has 1 fully saturated rings. The molecule has 1 amide bonds. The summed E-state index contributed by atoms with van der Waals surface area (Å²) in [6, 6.07) is 15.2. The minimum Gasteiger partial charge on any atom is -0.368 e. The first-order valence-electron chi connectivity index (χ1n) is 8.98. The molecule has 0 aliphatic carbocycles. The Bertz CT molecular complexity index is 1010. The lowest BCUT2D eigenvalue weighted by Gasteiger charge is -2.36. The van der Waals surface area contributed by atoms with E-state index in [4.69, 9.17) is 0 Å². The van der Waals surface area contributed by atoms with Crippen LogP contribution in [0.5, 0.6) is 0 Å². The Kier molecular flexibility index (Phi) is 4.88. The Labute approximate surface area is 160 Å². The fourth-order valence-electron chi connectivity index (χ4n) is 3.20. The van der Waals surface area contributed by atoms with E-state index in [1.807, 2.05) is 6.07 Å². The Morgan fingerprint density at radius 1 is 0.893 bits per heavy atom. The van der Waals surface area contributed by atoms with E-state index in [9.17, 15) is 14.0 Å². The number of nitrogens with zero attached hydrogens (tertiary/aromatic N) is 6. The minimum absolute atomic E-state index is 0.151. The highest BCUT2D eigenvalue weighted by Gasteiger charge is 2.23. The third kappa shape index (κ3) is 3.64. The van der Waals surface area contributed by atoms with Crippen molar-refractivity contribution in [3.05, 3.63) is 70.9 Å². The monoisotopic (exact) mass is 382 g/mol. The second kappa shape index (κ2) is 7.63. The Morgan fingerprint density at radius 2 is 1.57 bits per heavy atom. The van der Waals surface area contributed by atoms with Gasteiger partial charge in [0.2, 0.25) is 5.91 Å². The van der Waals surface area contributed by atoms with Gasteiger partial charge in [0, 0.05) is 31.9 Å². The molecule has 0 bridgehead atoms. The van der Waals surface area contributed by atoms with Gasteiger partial charge in [-0.2, -0.15) is 9.36 Å². The average molecular weight is 382 g/mol. The lowest BCUT2D eigenvalue weighted by molar-refractivity contribution is -0.132. The molecule has 0 atom stereocenters. The molecule has 3 aromatic rings. The maximum absolute atomic E-state index is 13.1. The van der Waals surface area contributed by atoms with Crippen LogP contribution < -0.4 is 10.6 Å². The van der Waals surface area contributed by atoms with Crippen LogP contribution in [-0.4, -0.2) is 56.8 Å². The predicted octanol–water partition coefficient (Wildman–Crippen LogP) is 0.917. The Balaban J connectivity index is 1.38. The minimum atomic E-state index is -0.454. The van der Waals surface area contributed by atoms with Crippen LogP contribution in [0.15, 0.2) is 59.4 Å². The second-order valence-electron chi connectivity index (χ2n) is 6.51. The van der Waals surface area contributed by atoms with Gasteiger partial charge < -0.3 is 9.80 Å². The molecule has 1 saturated heterocycles. The molecule has 0 spiro atoms. The molecule has 1 aromatic heterocycles. The summed E-state index contributed by atoms with van der Waals surface area (Å²) in [6.07, 6.45) is 0. The molecule has 0 unspecified atom stereocenters. The molecule has 0 saturated carbocycles. The summed E-state index contributed by atoms with van der Waals surface area (Å²) in [4.78, 5) is 28.8. The molecule has 4 rings (SSSR count). The number of para-hydroxylation sites is 1. The largest absolute Gasteiger partial charge is 0.368 e. The van der Waals surface area contributed by atoms with Crippen molar-refractivity contribution in [1.29, 1.82) is 0 Å². The number of tetrazole rings is 1. The van der Waals surface area contributed by atoms with E-state index in [-0.39, 0.29) is 18.3 Å². The molecule has 1 aliphatic rings. The highest BCUT2D eigenvalue weighted by molar-refractivity contribution is 5.76. The van der Waals surface area contributed by atoms with E-state index in [1.165, 1.54) is 16.8 Å². The van der Waals surface area contributed by atoms with Crippen molar-refractivity contribution in [2.45, 2.75) is 6.54 Å². The van der Waals surface area contributed by atoms with Crippen LogP contribution in [0.4, 0.5) is 10.1 Å². The normalized spacial score (nSPS) is 14.3. The number of carbonyl (C=O) groups is 1. The first-order chi connectivity index (χ1) is 13.6. The molecule has 9 heteroatoms. The first kappa shape index (κ1) is 17.9. The van der Waals surface area contributed by atoms with Crippen LogP contribution in [0, 0.1) is 5.82 Å². The van der Waals surface area contributed by atoms with Gasteiger partial charge in [-0.3, -0.25) is 4.79 Å². The van der Waals surface area contributed by atoms with E-state index in [0.29, 0.717) is 31.9 Å². The number of halogens is 1. The molecule has 2 aromatic carbocycles. The van der Waals surface area contributed by atoms with E-state index in [2.05, 4.69) is 15.3 Å². The van der Waals surface area contributed by atoms with E-state index in [1.54, 1.807) is 41.3 Å². The fraction of sp³-hybridized carbons (Fsp3) is 0.263. The van der Waals surface area contributed by atoms with Crippen molar-refractivity contribution in [2.24, 2.45) is 0 Å². The lowest BCUT2D eigenvalue weighted by Crippen LogP contribution is -2.50. The number of hydrogen-bond donors (Lipinski definition) is 0. The number of anilines is 1. The SMILES string of the molecule is O=C(Cn1nnn(-c2ccccc2)c1=O)N1CCN(c2ccc(F)cc2)CC1. The molecular formula is C19H19FN6O2. The van der Waals surface area contributed by atoms with Gasteiger partial charge in [0.25, 0.3) is 0 Å². The number of rotatable bonds is 4. The number of benzene rings is 2. The number of piperazine rings is 1. The first-order valence-corrected chi connectivity index (χ1v) is 8.98. The molecule has 0 N–H and O–H groups in total. The molecule has 2 heterocycles. The molecule has 144 valence electrons. The van der Waals surface area contributed by atoms with Gasteiger partial charge >= 0.3 is 5.69 Å². The van der Waals surface area contributed by atoms with Gasteiger partial charge in [-0.1, -0.05) is 18.2 Å². The van der Waals surface area contributed by atoms with E-state index < -0.39 is 5.69 Å². The van der Waals surface area contributed by atoms with Crippen molar-refractivity contribution in [3.8, 4) is 5.69 Å². The van der Waals surface area contributed by atoms with Gasteiger partial charge in [-0.15, -0.1) is 0 Å². The standard InChI is InChI=1S/C19H19FN6O2/c20-15-6-8-16(9-7-15)23-10-12-24(13-11-23)18(27)14-25-19(28)26(22-21-25)17-4-2-1-3-5-17/h1-9H,10-14H2. The van der Waals surface area contributed by atoms with Crippen molar-refractivity contribution >= 4 is 11.6 Å². The van der Waals surface area contributed by atoms with Crippen LogP contribution in [-0.2, 0) is 11.3 Å². The highest BCUT2D eigenvalue weighted by Crippen LogP contribution is 2.17. The van der Waals surface area contributed by atoms with E-state index in [0.717, 1.165) is 10.4 Å². The van der Waals surface area contributed by atoms with Crippen molar-refractivity contribution in [1.82, 2.24) is 24.7 Å². The van der Waals surface area contributed by atoms with Crippen molar-refractivity contribution in [2.75, 3.05) is 31.1 Å². The van der Waals surface area contributed by atoms with Gasteiger partial charge in [-0.25, -0.2) is 9.18 Å². The van der Waals surface area contributed by atoms with Crippen molar-refractivity contribution < 1.29 is 9.18 Å². The van der Waals surface area contributed by atoms with Gasteiger partial charge in [-0.05, 0) is 46.8 Å². The topological polar surface area (TPSA) is 76.3 Å². The molecule has 0 radical (unpaired) electrons. The number of carbonyl (C=O) groups excluding carboxylic acids is 1. The maximum atomic E-state index is 13.1. The van der Waals surface area contributed by atoms with Crippen LogP contribution in [0.2, 0.25) is 0 Å². The zero-order valence-corrected chi connectivity index (χ0v) is 15.1. The van der Waals surface area contributed by atoms with Gasteiger partial charge in [0.05, 0.1) is 5.69 Å². The van der Waals surface area contributed by atoms with Crippen LogP contribution >= 0.6 is 0 Å². The predicted molar refractivity (Wildman–Crippen MR) is 101 cm³/mol. The smallest absolute Gasteiger partial charge is 0.368 e. The summed E-state index contributed by atoms with van der Waals surface area (Å²) < 4.78 is 15.3. The quantitative estimate of drug-likeness (QED) is 0.671. The number of aromatic nitrogens is 4. The molecular weight excluding hydrogens is 363 g/mol. The lowest BCUT2D eigenvalue weighted by atomic mass is 10.2. The Hall–Kier alpha value is -3.49. The van der Waals surface area contributed by atoms with Crippen LogP contribution in [0.3, 0.4) is 0 Å². The highest BCUT2D eigenvalue weighted by atomic mass is 19.1. The molecule has 8 nitrogen and oxygen atoms in total.